The summed E-state index contributed by atoms with van der Waals surface area (Å²) in [5, 5.41) is 18.3. The van der Waals surface area contributed by atoms with Crippen LogP contribution in [0.25, 0.3) is 11.3 Å². The first-order valence-corrected chi connectivity index (χ1v) is 8.12. The molecule has 1 aromatic carbocycles. The number of benzene rings is 1. The monoisotopic (exact) mass is 376 g/mol. The van der Waals surface area contributed by atoms with Crippen molar-refractivity contribution in [1.82, 2.24) is 19.7 Å². The van der Waals surface area contributed by atoms with Gasteiger partial charge in [0.2, 0.25) is 0 Å². The second-order valence-corrected chi connectivity index (χ2v) is 6.04. The van der Waals surface area contributed by atoms with Crippen molar-refractivity contribution in [2.24, 2.45) is 0 Å². The van der Waals surface area contributed by atoms with Crippen molar-refractivity contribution in [1.29, 1.82) is 5.26 Å². The van der Waals surface area contributed by atoms with Gasteiger partial charge in [-0.3, -0.25) is 0 Å². The number of alkyl halides is 3. The van der Waals surface area contributed by atoms with Crippen molar-refractivity contribution in [3.05, 3.63) is 58.7 Å². The molecule has 0 radical (unpaired) electrons. The second kappa shape index (κ2) is 6.97. The minimum atomic E-state index is -4.49. The number of hydrogen-bond acceptors (Lipinski definition) is 6. The Balaban J connectivity index is 2.01. The summed E-state index contributed by atoms with van der Waals surface area (Å²) in [4.78, 5) is 8.00. The summed E-state index contributed by atoms with van der Waals surface area (Å²) in [6.45, 7) is 1.79. The molecule has 0 bridgehead atoms. The summed E-state index contributed by atoms with van der Waals surface area (Å²) in [5.74, 6) is 0. The van der Waals surface area contributed by atoms with E-state index in [1.54, 1.807) is 12.3 Å². The van der Waals surface area contributed by atoms with E-state index in [-0.39, 0.29) is 11.3 Å². The number of anilines is 1. The number of allylic oxidation sites excluding steroid dienone is 1. The molecule has 0 aliphatic heterocycles. The molecule has 0 unspecified atom stereocenters. The summed E-state index contributed by atoms with van der Waals surface area (Å²) < 4.78 is 40.4. The molecule has 0 amide bonds. The van der Waals surface area contributed by atoms with E-state index in [1.807, 2.05) is 6.07 Å². The van der Waals surface area contributed by atoms with Gasteiger partial charge in [0, 0.05) is 17.3 Å². The van der Waals surface area contributed by atoms with Crippen LogP contribution in [0.1, 0.15) is 16.3 Å². The lowest BCUT2D eigenvalue weighted by atomic mass is 10.1. The van der Waals surface area contributed by atoms with E-state index < -0.39 is 11.7 Å². The Kier molecular flexibility index (Phi) is 4.73. The average Bonchev–Trinajstić information content (AvgIpc) is 3.26. The maximum absolute atomic E-state index is 13.0. The molecule has 132 valence electrons. The first-order chi connectivity index (χ1) is 12.4. The van der Waals surface area contributed by atoms with E-state index in [9.17, 15) is 18.4 Å². The average molecular weight is 376 g/mol. The van der Waals surface area contributed by atoms with Crippen LogP contribution in [0.2, 0.25) is 0 Å². The number of nitrogens with one attached hydrogen (secondary N) is 1. The zero-order chi connectivity index (χ0) is 18.7. The van der Waals surface area contributed by atoms with Crippen LogP contribution < -0.4 is 5.32 Å². The van der Waals surface area contributed by atoms with Gasteiger partial charge in [0.25, 0.3) is 0 Å². The minimum absolute atomic E-state index is 0.131. The van der Waals surface area contributed by atoms with Crippen molar-refractivity contribution in [2.75, 3.05) is 5.32 Å². The number of halogens is 3. The highest BCUT2D eigenvalue weighted by Crippen LogP contribution is 2.33. The van der Waals surface area contributed by atoms with E-state index in [0.717, 1.165) is 17.8 Å². The van der Waals surface area contributed by atoms with Crippen molar-refractivity contribution in [3.63, 3.8) is 0 Å². The van der Waals surface area contributed by atoms with Gasteiger partial charge in [0.1, 0.15) is 29.3 Å². The van der Waals surface area contributed by atoms with Gasteiger partial charge in [-0.1, -0.05) is 0 Å². The van der Waals surface area contributed by atoms with Crippen molar-refractivity contribution < 1.29 is 13.2 Å². The largest absolute Gasteiger partial charge is 0.416 e. The van der Waals surface area contributed by atoms with Crippen LogP contribution in [0.15, 0.2) is 42.4 Å². The molecular formula is C16H11F3N6S. The topological polar surface area (TPSA) is 79.4 Å². The van der Waals surface area contributed by atoms with Crippen molar-refractivity contribution in [2.45, 2.75) is 13.1 Å². The van der Waals surface area contributed by atoms with Crippen LogP contribution in [0.4, 0.5) is 18.9 Å². The van der Waals surface area contributed by atoms with Crippen LogP contribution in [0.5, 0.6) is 0 Å². The zero-order valence-electron chi connectivity index (χ0n) is 13.3. The number of rotatable bonds is 4. The van der Waals surface area contributed by atoms with Crippen LogP contribution in [-0.4, -0.2) is 19.7 Å². The molecule has 0 saturated carbocycles. The maximum atomic E-state index is 13.0. The fourth-order valence-corrected chi connectivity index (χ4v) is 2.89. The highest BCUT2D eigenvalue weighted by molar-refractivity contribution is 7.10. The molecule has 0 aliphatic rings. The van der Waals surface area contributed by atoms with Crippen molar-refractivity contribution in [3.8, 4) is 11.8 Å². The number of aromatic nitrogens is 4. The van der Waals surface area contributed by atoms with Gasteiger partial charge in [-0.15, -0.1) is 11.3 Å². The van der Waals surface area contributed by atoms with Gasteiger partial charge in [0.15, 0.2) is 0 Å². The van der Waals surface area contributed by atoms with E-state index in [0.29, 0.717) is 10.7 Å². The van der Waals surface area contributed by atoms with Crippen LogP contribution >= 0.6 is 11.3 Å². The molecule has 26 heavy (non-hydrogen) atoms. The molecule has 3 aromatic rings. The molecule has 2 heterocycles. The molecule has 1 N–H and O–H groups in total. The first kappa shape index (κ1) is 17.6. The van der Waals surface area contributed by atoms with E-state index in [2.05, 4.69) is 20.4 Å². The van der Waals surface area contributed by atoms with Gasteiger partial charge in [-0.05, 0) is 25.1 Å². The highest BCUT2D eigenvalue weighted by atomic mass is 32.1. The Morgan fingerprint density at radius 1 is 1.38 bits per heavy atom. The van der Waals surface area contributed by atoms with Crippen LogP contribution in [0.3, 0.4) is 0 Å². The van der Waals surface area contributed by atoms with Crippen LogP contribution in [0, 0.1) is 18.3 Å². The number of hydrogen-bond donors (Lipinski definition) is 1. The van der Waals surface area contributed by atoms with E-state index >= 15 is 0 Å². The molecule has 0 aliphatic carbocycles. The molecule has 6 nitrogen and oxygen atoms in total. The van der Waals surface area contributed by atoms with Gasteiger partial charge >= 0.3 is 6.18 Å². The fourth-order valence-electron chi connectivity index (χ4n) is 2.13. The summed E-state index contributed by atoms with van der Waals surface area (Å²) in [6, 6.07) is 5.19. The number of nitriles is 1. The Labute approximate surface area is 150 Å². The third-order valence-corrected chi connectivity index (χ3v) is 4.32. The summed E-state index contributed by atoms with van der Waals surface area (Å²) in [7, 11) is 0. The lowest BCUT2D eigenvalue weighted by Gasteiger charge is -2.13. The Morgan fingerprint density at radius 2 is 2.19 bits per heavy atom. The second-order valence-electron chi connectivity index (χ2n) is 5.18. The predicted octanol–water partition coefficient (Wildman–Crippen LogP) is 4.03. The fraction of sp³-hybridized carbons (Fsp3) is 0.125. The van der Waals surface area contributed by atoms with E-state index in [4.69, 9.17) is 0 Å². The molecule has 0 saturated heterocycles. The highest BCUT2D eigenvalue weighted by Gasteiger charge is 2.31. The zero-order valence-corrected chi connectivity index (χ0v) is 14.1. The van der Waals surface area contributed by atoms with Gasteiger partial charge in [-0.2, -0.15) is 23.5 Å². The quantitative estimate of drug-likeness (QED) is 0.696. The smallest absolute Gasteiger partial charge is 0.359 e. The molecule has 10 heteroatoms. The lowest BCUT2D eigenvalue weighted by Crippen LogP contribution is -2.08. The molecule has 0 atom stereocenters. The summed E-state index contributed by atoms with van der Waals surface area (Å²) in [5.41, 5.74) is 0.644. The number of thiazole rings is 1. The Morgan fingerprint density at radius 3 is 2.77 bits per heavy atom. The first-order valence-electron chi connectivity index (χ1n) is 7.24. The summed E-state index contributed by atoms with van der Waals surface area (Å²) >= 11 is 1.28. The number of aryl methyl sites for hydroxylation is 1. The molecule has 2 aromatic heterocycles. The molecule has 0 spiro atoms. The molecule has 3 rings (SSSR count). The van der Waals surface area contributed by atoms with Crippen LogP contribution in [-0.2, 0) is 6.18 Å². The van der Waals surface area contributed by atoms with E-state index in [1.165, 1.54) is 40.9 Å². The normalized spacial score (nSPS) is 12.0. The number of nitrogens with zero attached hydrogens (tertiary/aromatic N) is 5. The maximum Gasteiger partial charge on any atom is 0.416 e. The minimum Gasteiger partial charge on any atom is -0.359 e. The molecular weight excluding hydrogens is 365 g/mol. The summed E-state index contributed by atoms with van der Waals surface area (Å²) in [6.07, 6.45) is -0.525. The predicted molar refractivity (Wildman–Crippen MR) is 90.4 cm³/mol. The standard InChI is InChI=1S/C16H11F3N6S/c1-10-7-26-15(24-10)11(5-20)6-22-13-4-12(16(17,18)19)2-3-14(13)25-9-21-8-23-25/h2-4,6-9,22H,1H3/b11-6+. The van der Waals surface area contributed by atoms with Crippen molar-refractivity contribution >= 4 is 22.6 Å². The lowest BCUT2D eigenvalue weighted by molar-refractivity contribution is -0.137. The van der Waals surface area contributed by atoms with Gasteiger partial charge < -0.3 is 5.32 Å². The Bertz CT molecular complexity index is 982. The SMILES string of the molecule is Cc1csc(/C(C#N)=C/Nc2cc(C(F)(F)F)ccc2-n2cncn2)n1. The molecule has 0 fully saturated rings. The third-order valence-electron chi connectivity index (χ3n) is 3.33. The van der Waals surface area contributed by atoms with Gasteiger partial charge in [-0.25, -0.2) is 14.6 Å². The van der Waals surface area contributed by atoms with Gasteiger partial charge in [0.05, 0.1) is 16.9 Å². The Hall–Kier alpha value is -3.19. The third kappa shape index (κ3) is 3.73.